The highest BCUT2D eigenvalue weighted by atomic mass is 79.9. The summed E-state index contributed by atoms with van der Waals surface area (Å²) in [7, 11) is 1.79. The Morgan fingerprint density at radius 2 is 1.97 bits per heavy atom. The van der Waals surface area contributed by atoms with Gasteiger partial charge in [-0.2, -0.15) is 0 Å². The second-order valence-corrected chi connectivity index (χ2v) is 8.65. The largest absolute Gasteiger partial charge is 0.345 e. The minimum absolute atomic E-state index is 0.168. The number of rotatable bonds is 7. The molecule has 3 rings (SSSR count). The van der Waals surface area contributed by atoms with Crippen LogP contribution in [0, 0.1) is 6.92 Å². The van der Waals surface area contributed by atoms with Crippen molar-refractivity contribution < 1.29 is 9.59 Å². The Balaban J connectivity index is 1.55. The molecule has 2 aromatic carbocycles. The molecule has 0 atom stereocenters. The van der Waals surface area contributed by atoms with E-state index in [0.717, 1.165) is 10.0 Å². The van der Waals surface area contributed by atoms with E-state index in [0.29, 0.717) is 27.3 Å². The summed E-state index contributed by atoms with van der Waals surface area (Å²) < 4.78 is 2.47. The van der Waals surface area contributed by atoms with Crippen LogP contribution in [0.1, 0.15) is 21.7 Å². The molecule has 3 aromatic rings. The van der Waals surface area contributed by atoms with Crippen LogP contribution >= 0.6 is 39.3 Å². The van der Waals surface area contributed by atoms with Crippen LogP contribution in [0.2, 0.25) is 5.02 Å². The lowest BCUT2D eigenvalue weighted by Gasteiger charge is -2.09. The van der Waals surface area contributed by atoms with Crippen molar-refractivity contribution >= 4 is 56.8 Å². The van der Waals surface area contributed by atoms with E-state index in [1.165, 1.54) is 11.8 Å². The average molecular weight is 509 g/mol. The number of aryl methyl sites for hydroxylation is 1. The second-order valence-electron chi connectivity index (χ2n) is 6.42. The number of hydrogen-bond donors (Lipinski definition) is 2. The molecule has 1 heterocycles. The molecular weight excluding hydrogens is 490 g/mol. The average Bonchev–Trinajstić information content (AvgIpc) is 3.07. The maximum absolute atomic E-state index is 12.3. The van der Waals surface area contributed by atoms with Crippen molar-refractivity contribution in [3.05, 3.63) is 68.9 Å². The first-order valence-corrected chi connectivity index (χ1v) is 11.1. The van der Waals surface area contributed by atoms with E-state index in [1.807, 2.05) is 25.1 Å². The second kappa shape index (κ2) is 10.1. The van der Waals surface area contributed by atoms with Gasteiger partial charge in [-0.1, -0.05) is 41.6 Å². The SMILES string of the molecule is Cc1ccc(Cl)cc1NC(=O)CSc1nnc(CNC(=O)c2ccccc2Br)n1C. The number of benzene rings is 2. The van der Waals surface area contributed by atoms with Crippen molar-refractivity contribution in [3.8, 4) is 0 Å². The Morgan fingerprint density at radius 1 is 1.20 bits per heavy atom. The zero-order valence-electron chi connectivity index (χ0n) is 16.3. The summed E-state index contributed by atoms with van der Waals surface area (Å²) in [6.45, 7) is 2.12. The van der Waals surface area contributed by atoms with E-state index in [1.54, 1.807) is 35.9 Å². The Morgan fingerprint density at radius 3 is 2.73 bits per heavy atom. The van der Waals surface area contributed by atoms with Gasteiger partial charge in [-0.25, -0.2) is 0 Å². The van der Waals surface area contributed by atoms with E-state index in [-0.39, 0.29) is 24.1 Å². The predicted octanol–water partition coefficient (Wildman–Crippen LogP) is 4.20. The Bertz CT molecular complexity index is 1090. The number of thioether (sulfide) groups is 1. The molecule has 0 saturated carbocycles. The zero-order valence-corrected chi connectivity index (χ0v) is 19.4. The first-order valence-electron chi connectivity index (χ1n) is 8.95. The van der Waals surface area contributed by atoms with E-state index < -0.39 is 0 Å². The maximum atomic E-state index is 12.3. The van der Waals surface area contributed by atoms with Gasteiger partial charge < -0.3 is 15.2 Å². The van der Waals surface area contributed by atoms with Crippen molar-refractivity contribution in [2.24, 2.45) is 7.05 Å². The molecule has 0 unspecified atom stereocenters. The van der Waals surface area contributed by atoms with Crippen LogP contribution in [0.5, 0.6) is 0 Å². The van der Waals surface area contributed by atoms with Gasteiger partial charge in [0.1, 0.15) is 0 Å². The standard InChI is InChI=1S/C20H19BrClN5O2S/c1-12-7-8-13(22)9-16(12)24-18(28)11-30-20-26-25-17(27(20)2)10-23-19(29)14-5-3-4-6-15(14)21/h3-9H,10-11H2,1-2H3,(H,23,29)(H,24,28). The highest BCUT2D eigenvalue weighted by Crippen LogP contribution is 2.21. The minimum atomic E-state index is -0.212. The number of carbonyl (C=O) groups is 2. The molecule has 0 aliphatic heterocycles. The fraction of sp³-hybridized carbons (Fsp3) is 0.200. The lowest BCUT2D eigenvalue weighted by Crippen LogP contribution is -2.24. The third-order valence-electron chi connectivity index (χ3n) is 4.26. The summed E-state index contributed by atoms with van der Waals surface area (Å²) in [5, 5.41) is 15.0. The fourth-order valence-corrected chi connectivity index (χ4v) is 3.94. The molecule has 0 bridgehead atoms. The van der Waals surface area contributed by atoms with Crippen LogP contribution in [0.4, 0.5) is 5.69 Å². The van der Waals surface area contributed by atoms with Crippen molar-refractivity contribution in [2.45, 2.75) is 18.6 Å². The molecule has 2 amide bonds. The molecule has 0 fully saturated rings. The first-order chi connectivity index (χ1) is 14.3. The number of nitrogens with one attached hydrogen (secondary N) is 2. The number of anilines is 1. The van der Waals surface area contributed by atoms with Crippen LogP contribution in [0.15, 0.2) is 52.1 Å². The van der Waals surface area contributed by atoms with Crippen LogP contribution < -0.4 is 10.6 Å². The number of aromatic nitrogens is 3. The van der Waals surface area contributed by atoms with Crippen molar-refractivity contribution in [1.29, 1.82) is 0 Å². The third-order valence-corrected chi connectivity index (χ3v) is 6.20. The maximum Gasteiger partial charge on any atom is 0.252 e. The quantitative estimate of drug-likeness (QED) is 0.467. The minimum Gasteiger partial charge on any atom is -0.345 e. The van der Waals surface area contributed by atoms with E-state index in [2.05, 4.69) is 36.8 Å². The number of nitrogens with zero attached hydrogens (tertiary/aromatic N) is 3. The summed E-state index contributed by atoms with van der Waals surface area (Å²) in [6, 6.07) is 12.5. The summed E-state index contributed by atoms with van der Waals surface area (Å²) in [6.07, 6.45) is 0. The molecule has 1 aromatic heterocycles. The smallest absolute Gasteiger partial charge is 0.252 e. The van der Waals surface area contributed by atoms with Gasteiger partial charge in [0.25, 0.3) is 5.91 Å². The van der Waals surface area contributed by atoms with Crippen LogP contribution in [0.3, 0.4) is 0 Å². The van der Waals surface area contributed by atoms with E-state index in [4.69, 9.17) is 11.6 Å². The van der Waals surface area contributed by atoms with Gasteiger partial charge in [-0.15, -0.1) is 10.2 Å². The molecule has 0 spiro atoms. The molecule has 0 radical (unpaired) electrons. The van der Waals surface area contributed by atoms with Gasteiger partial charge in [0.2, 0.25) is 5.91 Å². The number of carbonyl (C=O) groups excluding carboxylic acids is 2. The van der Waals surface area contributed by atoms with Gasteiger partial charge in [0.05, 0.1) is 17.9 Å². The highest BCUT2D eigenvalue weighted by molar-refractivity contribution is 9.10. The van der Waals surface area contributed by atoms with Gasteiger partial charge in [-0.05, 0) is 52.7 Å². The molecule has 30 heavy (non-hydrogen) atoms. The fourth-order valence-electron chi connectivity index (χ4n) is 2.57. The normalized spacial score (nSPS) is 10.7. The first kappa shape index (κ1) is 22.3. The molecule has 0 aliphatic carbocycles. The van der Waals surface area contributed by atoms with Gasteiger partial charge in [0.15, 0.2) is 11.0 Å². The highest BCUT2D eigenvalue weighted by Gasteiger charge is 2.14. The molecule has 0 aliphatic rings. The topological polar surface area (TPSA) is 88.9 Å². The van der Waals surface area contributed by atoms with Gasteiger partial charge in [0, 0.05) is 22.2 Å². The lowest BCUT2D eigenvalue weighted by atomic mass is 10.2. The monoisotopic (exact) mass is 507 g/mol. The Hall–Kier alpha value is -2.36. The molecular formula is C20H19BrClN5O2S. The van der Waals surface area contributed by atoms with Crippen LogP contribution in [-0.2, 0) is 18.4 Å². The molecule has 156 valence electrons. The van der Waals surface area contributed by atoms with Crippen molar-refractivity contribution in [1.82, 2.24) is 20.1 Å². The predicted molar refractivity (Wildman–Crippen MR) is 122 cm³/mol. The summed E-state index contributed by atoms with van der Waals surface area (Å²) in [5.74, 6) is 0.374. The van der Waals surface area contributed by atoms with Crippen molar-refractivity contribution in [3.63, 3.8) is 0 Å². The number of halogens is 2. The van der Waals surface area contributed by atoms with Gasteiger partial charge in [-0.3, -0.25) is 9.59 Å². The summed E-state index contributed by atoms with van der Waals surface area (Å²) >= 11 is 10.6. The number of hydrogen-bond acceptors (Lipinski definition) is 5. The van der Waals surface area contributed by atoms with Crippen LogP contribution in [-0.4, -0.2) is 32.3 Å². The molecule has 2 N–H and O–H groups in total. The molecule has 0 saturated heterocycles. The summed E-state index contributed by atoms with van der Waals surface area (Å²) in [4.78, 5) is 24.6. The van der Waals surface area contributed by atoms with E-state index >= 15 is 0 Å². The third kappa shape index (κ3) is 5.62. The number of amides is 2. The van der Waals surface area contributed by atoms with Crippen LogP contribution in [0.25, 0.3) is 0 Å². The van der Waals surface area contributed by atoms with Gasteiger partial charge >= 0.3 is 0 Å². The Labute approximate surface area is 191 Å². The molecule has 10 heteroatoms. The molecule has 7 nitrogen and oxygen atoms in total. The van der Waals surface area contributed by atoms with E-state index in [9.17, 15) is 9.59 Å². The summed E-state index contributed by atoms with van der Waals surface area (Å²) in [5.41, 5.74) is 2.16. The zero-order chi connectivity index (χ0) is 21.7. The Kier molecular flexibility index (Phi) is 7.52. The van der Waals surface area contributed by atoms with Crippen molar-refractivity contribution in [2.75, 3.05) is 11.1 Å². The lowest BCUT2D eigenvalue weighted by molar-refractivity contribution is -0.113.